The van der Waals surface area contributed by atoms with Gasteiger partial charge in [0.15, 0.2) is 0 Å². The Balaban J connectivity index is 2.22. The zero-order chi connectivity index (χ0) is 13.3. The number of phenolic OH excluding ortho intramolecular Hbond substituents is 1. The van der Waals surface area contributed by atoms with Crippen molar-refractivity contribution in [2.45, 2.75) is 44.5 Å². The largest absolute Gasteiger partial charge is 0.508 e. The monoisotopic (exact) mass is 269 g/mol. The predicted octanol–water partition coefficient (Wildman–Crippen LogP) is 2.09. The zero-order valence-electron chi connectivity index (χ0n) is 10.7. The molecule has 0 radical (unpaired) electrons. The predicted molar refractivity (Wildman–Crippen MR) is 70.7 cm³/mol. The van der Waals surface area contributed by atoms with Gasteiger partial charge in [-0.1, -0.05) is 12.1 Å². The molecular weight excluding hydrogens is 250 g/mol. The van der Waals surface area contributed by atoms with Crippen LogP contribution in [0, 0.1) is 0 Å². The number of hydrogen-bond acceptors (Lipinski definition) is 3. The lowest BCUT2D eigenvalue weighted by Crippen LogP contribution is -2.37. The molecule has 1 aromatic rings. The summed E-state index contributed by atoms with van der Waals surface area (Å²) in [5.74, 6) is 0.171. The van der Waals surface area contributed by atoms with Gasteiger partial charge < -0.3 is 5.11 Å². The van der Waals surface area contributed by atoms with Crippen molar-refractivity contribution < 1.29 is 13.5 Å². The molecule has 1 aliphatic carbocycles. The van der Waals surface area contributed by atoms with Gasteiger partial charge in [-0.05, 0) is 44.4 Å². The molecule has 1 aromatic carbocycles. The van der Waals surface area contributed by atoms with E-state index >= 15 is 0 Å². The minimum Gasteiger partial charge on any atom is -0.508 e. The summed E-state index contributed by atoms with van der Waals surface area (Å²) in [7, 11) is -3.24. The van der Waals surface area contributed by atoms with Gasteiger partial charge in [-0.2, -0.15) is 4.31 Å². The van der Waals surface area contributed by atoms with Gasteiger partial charge in [-0.3, -0.25) is 0 Å². The van der Waals surface area contributed by atoms with Crippen LogP contribution in [0.3, 0.4) is 0 Å². The van der Waals surface area contributed by atoms with Crippen LogP contribution in [0.15, 0.2) is 24.3 Å². The SMILES string of the molecule is CC(C)S(=O)(=O)N(Cc1cccc(O)c1)C1CC1. The summed E-state index contributed by atoms with van der Waals surface area (Å²) in [5.41, 5.74) is 0.825. The van der Waals surface area contributed by atoms with E-state index in [9.17, 15) is 13.5 Å². The summed E-state index contributed by atoms with van der Waals surface area (Å²) in [6, 6.07) is 6.91. The van der Waals surface area contributed by atoms with Crippen molar-refractivity contribution in [3.8, 4) is 5.75 Å². The average molecular weight is 269 g/mol. The lowest BCUT2D eigenvalue weighted by Gasteiger charge is -2.24. The van der Waals surface area contributed by atoms with Crippen LogP contribution < -0.4 is 0 Å². The highest BCUT2D eigenvalue weighted by Gasteiger charge is 2.38. The van der Waals surface area contributed by atoms with Gasteiger partial charge in [0, 0.05) is 12.6 Å². The van der Waals surface area contributed by atoms with E-state index in [1.807, 2.05) is 6.07 Å². The van der Waals surface area contributed by atoms with E-state index < -0.39 is 15.3 Å². The highest BCUT2D eigenvalue weighted by atomic mass is 32.2. The van der Waals surface area contributed by atoms with Gasteiger partial charge in [0.2, 0.25) is 10.0 Å². The van der Waals surface area contributed by atoms with Crippen molar-refractivity contribution >= 4 is 10.0 Å². The molecular formula is C13H19NO3S. The van der Waals surface area contributed by atoms with Crippen molar-refractivity contribution in [3.05, 3.63) is 29.8 Å². The van der Waals surface area contributed by atoms with Gasteiger partial charge in [-0.25, -0.2) is 8.42 Å². The van der Waals surface area contributed by atoms with Crippen LogP contribution in [0.4, 0.5) is 0 Å². The fraction of sp³-hybridized carbons (Fsp3) is 0.538. The second-order valence-corrected chi connectivity index (χ2v) is 7.48. The maximum atomic E-state index is 12.3. The third-order valence-electron chi connectivity index (χ3n) is 3.13. The fourth-order valence-corrected chi connectivity index (χ4v) is 3.39. The molecule has 0 atom stereocenters. The smallest absolute Gasteiger partial charge is 0.216 e. The second kappa shape index (κ2) is 4.90. The minimum atomic E-state index is -3.24. The van der Waals surface area contributed by atoms with Crippen LogP contribution >= 0.6 is 0 Å². The number of aromatic hydroxyl groups is 1. The first-order valence-corrected chi connectivity index (χ1v) is 7.70. The first-order valence-electron chi connectivity index (χ1n) is 6.20. The molecule has 0 heterocycles. The third-order valence-corrected chi connectivity index (χ3v) is 5.40. The fourth-order valence-electron chi connectivity index (χ4n) is 1.89. The van der Waals surface area contributed by atoms with Crippen LogP contribution in [0.5, 0.6) is 5.75 Å². The Morgan fingerprint density at radius 3 is 2.56 bits per heavy atom. The molecule has 1 saturated carbocycles. The Kier molecular flexibility index (Phi) is 3.64. The van der Waals surface area contributed by atoms with Crippen molar-refractivity contribution in [1.29, 1.82) is 0 Å². The first-order chi connectivity index (χ1) is 8.41. The lowest BCUT2D eigenvalue weighted by atomic mass is 10.2. The van der Waals surface area contributed by atoms with Crippen LogP contribution in [0.2, 0.25) is 0 Å². The Bertz CT molecular complexity index is 521. The Labute approximate surface area is 108 Å². The summed E-state index contributed by atoms with van der Waals surface area (Å²) in [6.07, 6.45) is 1.87. The maximum Gasteiger partial charge on any atom is 0.216 e. The number of phenols is 1. The first kappa shape index (κ1) is 13.4. The molecule has 0 aromatic heterocycles. The summed E-state index contributed by atoms with van der Waals surface area (Å²) < 4.78 is 26.1. The molecule has 0 unspecified atom stereocenters. The van der Waals surface area contributed by atoms with Gasteiger partial charge in [0.25, 0.3) is 0 Å². The zero-order valence-corrected chi connectivity index (χ0v) is 11.5. The molecule has 1 aliphatic rings. The number of benzene rings is 1. The molecule has 0 bridgehead atoms. The summed E-state index contributed by atoms with van der Waals surface area (Å²) >= 11 is 0. The van der Waals surface area contributed by atoms with E-state index in [2.05, 4.69) is 0 Å². The maximum absolute atomic E-state index is 12.3. The van der Waals surface area contributed by atoms with Crippen LogP contribution in [-0.2, 0) is 16.6 Å². The van der Waals surface area contributed by atoms with Crippen molar-refractivity contribution in [2.24, 2.45) is 0 Å². The summed E-state index contributed by atoms with van der Waals surface area (Å²) in [5, 5.41) is 9.02. The van der Waals surface area contributed by atoms with E-state index in [4.69, 9.17) is 0 Å². The third kappa shape index (κ3) is 2.84. The standard InChI is InChI=1S/C13H19NO3S/c1-10(2)18(16,17)14(12-6-7-12)9-11-4-3-5-13(15)8-11/h3-5,8,10,12,15H,6-7,9H2,1-2H3. The molecule has 0 amide bonds. The Hall–Kier alpha value is -1.07. The quantitative estimate of drug-likeness (QED) is 0.890. The second-order valence-electron chi connectivity index (χ2n) is 5.04. The van der Waals surface area contributed by atoms with Gasteiger partial charge in [-0.15, -0.1) is 0 Å². The van der Waals surface area contributed by atoms with Crippen LogP contribution in [-0.4, -0.2) is 29.1 Å². The normalized spacial score (nSPS) is 16.4. The summed E-state index contributed by atoms with van der Waals surface area (Å²) in [6.45, 7) is 3.75. The number of rotatable bonds is 5. The van der Waals surface area contributed by atoms with E-state index in [-0.39, 0.29) is 11.8 Å². The molecule has 1 fully saturated rings. The molecule has 4 nitrogen and oxygen atoms in total. The van der Waals surface area contributed by atoms with E-state index in [1.165, 1.54) is 0 Å². The van der Waals surface area contributed by atoms with E-state index in [0.29, 0.717) is 6.54 Å². The molecule has 18 heavy (non-hydrogen) atoms. The number of nitrogens with zero attached hydrogens (tertiary/aromatic N) is 1. The van der Waals surface area contributed by atoms with Gasteiger partial charge in [0.1, 0.15) is 5.75 Å². The highest BCUT2D eigenvalue weighted by Crippen LogP contribution is 2.32. The van der Waals surface area contributed by atoms with Crippen molar-refractivity contribution in [1.82, 2.24) is 4.31 Å². The molecule has 5 heteroatoms. The number of sulfonamides is 1. The van der Waals surface area contributed by atoms with Crippen molar-refractivity contribution in [2.75, 3.05) is 0 Å². The molecule has 100 valence electrons. The van der Waals surface area contributed by atoms with Gasteiger partial charge in [0.05, 0.1) is 5.25 Å². The Morgan fingerprint density at radius 2 is 2.06 bits per heavy atom. The lowest BCUT2D eigenvalue weighted by molar-refractivity contribution is 0.392. The molecule has 0 saturated heterocycles. The summed E-state index contributed by atoms with van der Waals surface area (Å²) in [4.78, 5) is 0. The van der Waals surface area contributed by atoms with Gasteiger partial charge >= 0.3 is 0 Å². The Morgan fingerprint density at radius 1 is 1.39 bits per heavy atom. The molecule has 0 spiro atoms. The van der Waals surface area contributed by atoms with E-state index in [0.717, 1.165) is 18.4 Å². The average Bonchev–Trinajstić information content (AvgIpc) is 3.09. The molecule has 2 rings (SSSR count). The van der Waals surface area contributed by atoms with E-state index in [1.54, 1.807) is 36.4 Å². The number of hydrogen-bond donors (Lipinski definition) is 1. The minimum absolute atomic E-state index is 0.139. The molecule has 1 N–H and O–H groups in total. The topological polar surface area (TPSA) is 57.6 Å². The van der Waals surface area contributed by atoms with Crippen LogP contribution in [0.1, 0.15) is 32.3 Å². The highest BCUT2D eigenvalue weighted by molar-refractivity contribution is 7.89. The van der Waals surface area contributed by atoms with Crippen LogP contribution in [0.25, 0.3) is 0 Å². The van der Waals surface area contributed by atoms with Crippen molar-refractivity contribution in [3.63, 3.8) is 0 Å². The molecule has 0 aliphatic heterocycles.